The van der Waals surface area contributed by atoms with Crippen molar-refractivity contribution < 1.29 is 77.3 Å². The maximum Gasteiger partial charge on any atom is 1.00 e. The predicted octanol–water partition coefficient (Wildman–Crippen LogP) is 3.81. The summed E-state index contributed by atoms with van der Waals surface area (Å²) in [5.41, 5.74) is 7.24. The third kappa shape index (κ3) is 6.89. The number of rotatable bonds is 7. The summed E-state index contributed by atoms with van der Waals surface area (Å²) in [7, 11) is -6.98. The van der Waals surface area contributed by atoms with E-state index in [4.69, 9.17) is 0 Å². The van der Waals surface area contributed by atoms with E-state index >= 15 is 0 Å². The van der Waals surface area contributed by atoms with Gasteiger partial charge < -0.3 is 9.45 Å². The molecule has 0 unspecified atom stereocenters. The Hall–Kier alpha value is -2.45. The van der Waals surface area contributed by atoms with Crippen LogP contribution >= 0.6 is 0 Å². The molecule has 8 nitrogen and oxygen atoms in total. The fraction of sp³-hybridized carbons (Fsp3) is 0.229. The SMILES string of the molecule is CC1=C(C=CC=C(C=CC=C2N(C)c3ccc(S(=O)(=O)[O-])cc3C2(C)C)c2ccncc2)C(C)(C)c2cc(S(=O)(=O)O)ccc21.[K+]. The largest absolute Gasteiger partial charge is 1.00 e. The first-order valence-electron chi connectivity index (χ1n) is 14.3. The van der Waals surface area contributed by atoms with Crippen molar-refractivity contribution >= 4 is 37.1 Å². The molecule has 1 aliphatic heterocycles. The second-order valence-corrected chi connectivity index (χ2v) is 15.1. The number of anilines is 1. The molecule has 2 aromatic carbocycles. The molecule has 0 saturated carbocycles. The summed E-state index contributed by atoms with van der Waals surface area (Å²) in [6.45, 7) is 10.1. The molecule has 0 radical (unpaired) electrons. The van der Waals surface area contributed by atoms with Gasteiger partial charge in [0.1, 0.15) is 10.1 Å². The molecule has 1 aliphatic carbocycles. The minimum atomic E-state index is -4.58. The smallest absolute Gasteiger partial charge is 0.744 e. The molecular weight excluding hydrogens is 648 g/mol. The molecule has 5 rings (SSSR count). The van der Waals surface area contributed by atoms with Crippen LogP contribution in [0.15, 0.2) is 118 Å². The van der Waals surface area contributed by atoms with Gasteiger partial charge in [-0.1, -0.05) is 64.1 Å². The number of aromatic nitrogens is 1. The minimum absolute atomic E-state index is 0. The molecule has 1 N–H and O–H groups in total. The van der Waals surface area contributed by atoms with Gasteiger partial charge in [-0.3, -0.25) is 9.54 Å². The van der Waals surface area contributed by atoms with Crippen LogP contribution in [0.25, 0.3) is 11.1 Å². The molecule has 0 saturated heterocycles. The molecule has 234 valence electrons. The molecule has 2 heterocycles. The van der Waals surface area contributed by atoms with Gasteiger partial charge in [-0.2, -0.15) is 8.42 Å². The zero-order valence-electron chi connectivity index (χ0n) is 26.9. The average Bonchev–Trinajstić information content (AvgIpc) is 3.28. The number of nitrogens with zero attached hydrogens (tertiary/aromatic N) is 2. The van der Waals surface area contributed by atoms with Crippen molar-refractivity contribution in [2.75, 3.05) is 11.9 Å². The zero-order valence-corrected chi connectivity index (χ0v) is 31.7. The number of hydrogen-bond donors (Lipinski definition) is 1. The molecule has 0 bridgehead atoms. The van der Waals surface area contributed by atoms with Crippen molar-refractivity contribution in [1.82, 2.24) is 4.98 Å². The van der Waals surface area contributed by atoms with Crippen molar-refractivity contribution in [2.45, 2.75) is 55.2 Å². The Labute approximate surface area is 314 Å². The Morgan fingerprint density at radius 3 is 2.15 bits per heavy atom. The first-order valence-corrected chi connectivity index (χ1v) is 17.1. The van der Waals surface area contributed by atoms with Gasteiger partial charge in [-0.25, -0.2) is 8.42 Å². The number of likely N-dealkylation sites (N-methyl/N-ethyl adjacent to an activating group) is 1. The van der Waals surface area contributed by atoms with Gasteiger partial charge in [0.2, 0.25) is 0 Å². The van der Waals surface area contributed by atoms with Crippen LogP contribution in [0.3, 0.4) is 0 Å². The van der Waals surface area contributed by atoms with E-state index in [-0.39, 0.29) is 61.2 Å². The van der Waals surface area contributed by atoms with Crippen LogP contribution in [-0.4, -0.2) is 38.0 Å². The Kier molecular flexibility index (Phi) is 10.5. The Balaban J connectivity index is 0.00000480. The number of pyridine rings is 1. The van der Waals surface area contributed by atoms with E-state index in [1.165, 1.54) is 18.2 Å². The van der Waals surface area contributed by atoms with E-state index in [9.17, 15) is 25.9 Å². The van der Waals surface area contributed by atoms with Crippen molar-refractivity contribution in [1.29, 1.82) is 0 Å². The molecular formula is C35H35KN2O6S2. The van der Waals surface area contributed by atoms with E-state index in [0.717, 1.165) is 50.4 Å². The molecule has 1 aromatic heterocycles. The molecule has 0 amide bonds. The number of fused-ring (bicyclic) bond motifs is 2. The minimum Gasteiger partial charge on any atom is -0.744 e. The summed E-state index contributed by atoms with van der Waals surface area (Å²) in [4.78, 5) is 5.78. The van der Waals surface area contributed by atoms with Crippen LogP contribution in [0.4, 0.5) is 5.69 Å². The van der Waals surface area contributed by atoms with Crippen LogP contribution in [-0.2, 0) is 31.1 Å². The molecule has 3 aromatic rings. The molecule has 0 fully saturated rings. The predicted molar refractivity (Wildman–Crippen MR) is 176 cm³/mol. The van der Waals surface area contributed by atoms with Crippen molar-refractivity contribution in [3.8, 4) is 0 Å². The summed E-state index contributed by atoms with van der Waals surface area (Å²) in [6, 6.07) is 13.0. The van der Waals surface area contributed by atoms with E-state index in [1.54, 1.807) is 30.6 Å². The van der Waals surface area contributed by atoms with Gasteiger partial charge >= 0.3 is 51.4 Å². The van der Waals surface area contributed by atoms with Crippen LogP contribution in [0.2, 0.25) is 0 Å². The van der Waals surface area contributed by atoms with Crippen LogP contribution in [0.1, 0.15) is 56.9 Å². The first kappa shape index (κ1) is 36.4. The quantitative estimate of drug-likeness (QED) is 0.227. The number of allylic oxidation sites excluding steroid dienone is 10. The molecule has 11 heteroatoms. The van der Waals surface area contributed by atoms with E-state index in [1.807, 2.05) is 95.2 Å². The van der Waals surface area contributed by atoms with E-state index < -0.39 is 31.1 Å². The Morgan fingerprint density at radius 1 is 0.891 bits per heavy atom. The molecule has 2 aliphatic rings. The van der Waals surface area contributed by atoms with Gasteiger partial charge in [0, 0.05) is 41.7 Å². The maximum absolute atomic E-state index is 11.8. The summed E-state index contributed by atoms with van der Waals surface area (Å²) in [6.07, 6.45) is 15.4. The van der Waals surface area contributed by atoms with Gasteiger partial charge in [0.25, 0.3) is 10.1 Å². The maximum atomic E-state index is 11.8. The molecule has 46 heavy (non-hydrogen) atoms. The van der Waals surface area contributed by atoms with Gasteiger partial charge in [0.05, 0.1) is 9.79 Å². The van der Waals surface area contributed by atoms with Crippen molar-refractivity contribution in [3.63, 3.8) is 0 Å². The number of hydrogen-bond acceptors (Lipinski definition) is 7. The first-order chi connectivity index (χ1) is 20.9. The van der Waals surface area contributed by atoms with Crippen molar-refractivity contribution in [2.24, 2.45) is 0 Å². The van der Waals surface area contributed by atoms with Crippen molar-refractivity contribution in [3.05, 3.63) is 131 Å². The van der Waals surface area contributed by atoms with Crippen LogP contribution in [0, 0.1) is 0 Å². The average molecular weight is 683 g/mol. The fourth-order valence-corrected chi connectivity index (χ4v) is 7.38. The molecule has 0 atom stereocenters. The summed E-state index contributed by atoms with van der Waals surface area (Å²) >= 11 is 0. The third-order valence-electron chi connectivity index (χ3n) is 8.82. The summed E-state index contributed by atoms with van der Waals surface area (Å²) in [5, 5.41) is 0. The van der Waals surface area contributed by atoms with E-state index in [2.05, 4.69) is 4.98 Å². The standard InChI is InChI=1S/C35H36N2O6S2.K/c1-23-28-15-13-26(44(38,39)40)21-30(28)34(2,3)29(23)11-7-9-24(25-17-19-36-20-18-25)10-8-12-33-35(4,5)31-22-27(45(41,42)43)14-16-32(31)37(33)6;/h7-22H,1-6H3,(H,38,39,40)(H,41,42,43);/q;+1/p-1. The second-order valence-electron chi connectivity index (χ2n) is 12.3. The summed E-state index contributed by atoms with van der Waals surface area (Å²) in [5.74, 6) is 0. The molecule has 0 spiro atoms. The van der Waals surface area contributed by atoms with Gasteiger partial charge in [-0.05, 0) is 94.4 Å². The van der Waals surface area contributed by atoms with Gasteiger partial charge in [-0.15, -0.1) is 0 Å². The zero-order chi connectivity index (χ0) is 32.9. The second kappa shape index (κ2) is 13.2. The Bertz CT molecular complexity index is 2080. The fourth-order valence-electron chi connectivity index (χ4n) is 6.37. The number of benzene rings is 2. The third-order valence-corrected chi connectivity index (χ3v) is 10.5. The van der Waals surface area contributed by atoms with Crippen LogP contribution in [0.5, 0.6) is 0 Å². The monoisotopic (exact) mass is 682 g/mol. The van der Waals surface area contributed by atoms with Gasteiger partial charge in [0.15, 0.2) is 0 Å². The normalized spacial score (nSPS) is 18.4. The van der Waals surface area contributed by atoms with Crippen LogP contribution < -0.4 is 56.3 Å². The summed E-state index contributed by atoms with van der Waals surface area (Å²) < 4.78 is 68.2. The topological polar surface area (TPSA) is 128 Å². The van der Waals surface area contributed by atoms with E-state index in [0.29, 0.717) is 0 Å². The Morgan fingerprint density at radius 2 is 1.52 bits per heavy atom.